The van der Waals surface area contributed by atoms with Crippen LogP contribution in [-0.4, -0.2) is 6.04 Å². The molecule has 0 aliphatic carbocycles. The van der Waals surface area contributed by atoms with E-state index in [1.54, 1.807) is 0 Å². The van der Waals surface area contributed by atoms with Crippen LogP contribution < -0.4 is 10.5 Å². The van der Waals surface area contributed by atoms with Gasteiger partial charge in [0, 0.05) is 6.04 Å². The average Bonchev–Trinajstić information content (AvgIpc) is 2.52. The zero-order chi connectivity index (χ0) is 16.9. The smallest absolute Gasteiger partial charge is 0.119 e. The molecule has 2 aromatic carbocycles. The van der Waals surface area contributed by atoms with Crippen LogP contribution in [0.1, 0.15) is 43.9 Å². The molecular weight excluding hydrogens is 282 g/mol. The number of hydrogen-bond acceptors (Lipinski definition) is 2. The summed E-state index contributed by atoms with van der Waals surface area (Å²) in [6.07, 6.45) is 2.02. The van der Waals surface area contributed by atoms with Crippen molar-refractivity contribution in [2.24, 2.45) is 11.1 Å². The van der Waals surface area contributed by atoms with Gasteiger partial charge in [-0.15, -0.1) is 0 Å². The normalized spacial score (nSPS) is 12.9. The van der Waals surface area contributed by atoms with Gasteiger partial charge in [-0.3, -0.25) is 0 Å². The van der Waals surface area contributed by atoms with Crippen molar-refractivity contribution in [3.05, 3.63) is 65.2 Å². The summed E-state index contributed by atoms with van der Waals surface area (Å²) in [6.45, 7) is 9.31. The number of hydrogen-bond donors (Lipinski definition) is 1. The summed E-state index contributed by atoms with van der Waals surface area (Å²) >= 11 is 0. The summed E-state index contributed by atoms with van der Waals surface area (Å²) < 4.78 is 5.88. The van der Waals surface area contributed by atoms with Crippen LogP contribution in [0.2, 0.25) is 0 Å². The van der Waals surface area contributed by atoms with E-state index < -0.39 is 0 Å². The Balaban J connectivity index is 1.86. The van der Waals surface area contributed by atoms with Gasteiger partial charge in [0.25, 0.3) is 0 Å². The molecular formula is C21H29NO. The molecule has 1 atom stereocenters. The van der Waals surface area contributed by atoms with Crippen molar-refractivity contribution in [3.63, 3.8) is 0 Å². The van der Waals surface area contributed by atoms with Crippen LogP contribution in [0.25, 0.3) is 0 Å². The zero-order valence-electron chi connectivity index (χ0n) is 14.8. The van der Waals surface area contributed by atoms with Crippen LogP contribution in [0.5, 0.6) is 5.75 Å². The Bertz CT molecular complexity index is 610. The number of aryl methyl sites for hydroxylation is 2. The lowest BCUT2D eigenvalue weighted by molar-refractivity contribution is 0.303. The van der Waals surface area contributed by atoms with Gasteiger partial charge in [0.1, 0.15) is 12.4 Å². The third-order valence-corrected chi connectivity index (χ3v) is 4.44. The highest BCUT2D eigenvalue weighted by molar-refractivity contribution is 5.29. The molecule has 0 heterocycles. The van der Waals surface area contributed by atoms with Gasteiger partial charge in [-0.25, -0.2) is 0 Å². The predicted octanol–water partition coefficient (Wildman–Crippen LogP) is 4.88. The number of nitrogens with two attached hydrogens (primary N) is 1. The highest BCUT2D eigenvalue weighted by Crippen LogP contribution is 2.22. The predicted molar refractivity (Wildman–Crippen MR) is 97.7 cm³/mol. The summed E-state index contributed by atoms with van der Waals surface area (Å²) in [7, 11) is 0. The first-order valence-corrected chi connectivity index (χ1v) is 8.38. The Morgan fingerprint density at radius 3 is 2.26 bits per heavy atom. The lowest BCUT2D eigenvalue weighted by Gasteiger charge is -2.27. The quantitative estimate of drug-likeness (QED) is 0.825. The third kappa shape index (κ3) is 5.40. The van der Waals surface area contributed by atoms with Crippen LogP contribution in [0.3, 0.4) is 0 Å². The summed E-state index contributed by atoms with van der Waals surface area (Å²) in [4.78, 5) is 0. The summed E-state index contributed by atoms with van der Waals surface area (Å²) in [5, 5.41) is 0. The molecule has 0 saturated heterocycles. The maximum atomic E-state index is 6.23. The summed E-state index contributed by atoms with van der Waals surface area (Å²) in [5.74, 6) is 0.914. The van der Waals surface area contributed by atoms with Gasteiger partial charge < -0.3 is 10.5 Å². The summed E-state index contributed by atoms with van der Waals surface area (Å²) in [5.41, 5.74) is 10.2. The third-order valence-electron chi connectivity index (χ3n) is 4.44. The summed E-state index contributed by atoms with van der Waals surface area (Å²) in [6, 6.07) is 16.9. The van der Waals surface area contributed by atoms with E-state index in [0.29, 0.717) is 6.61 Å². The van der Waals surface area contributed by atoms with E-state index in [1.807, 2.05) is 6.07 Å². The van der Waals surface area contributed by atoms with Gasteiger partial charge in [-0.2, -0.15) is 0 Å². The Hall–Kier alpha value is -1.80. The van der Waals surface area contributed by atoms with E-state index >= 15 is 0 Å². The Morgan fingerprint density at radius 2 is 1.65 bits per heavy atom. The molecule has 2 nitrogen and oxygen atoms in total. The van der Waals surface area contributed by atoms with Crippen LogP contribution >= 0.6 is 0 Å². The average molecular weight is 311 g/mol. The Kier molecular flexibility index (Phi) is 5.84. The minimum Gasteiger partial charge on any atom is -0.489 e. The maximum Gasteiger partial charge on any atom is 0.119 e. The molecule has 1 unspecified atom stereocenters. The molecule has 2 aromatic rings. The van der Waals surface area contributed by atoms with E-state index in [4.69, 9.17) is 10.5 Å². The molecule has 2 N–H and O–H groups in total. The number of benzene rings is 2. The molecule has 2 rings (SSSR count). The molecule has 0 aromatic heterocycles. The first-order valence-electron chi connectivity index (χ1n) is 8.38. The maximum absolute atomic E-state index is 6.23. The molecule has 2 heteroatoms. The minimum absolute atomic E-state index is 0.163. The van der Waals surface area contributed by atoms with Crippen molar-refractivity contribution in [2.45, 2.75) is 53.2 Å². The van der Waals surface area contributed by atoms with E-state index in [0.717, 1.165) is 18.6 Å². The number of rotatable bonds is 6. The highest BCUT2D eigenvalue weighted by Gasteiger charge is 2.19. The SMILES string of the molecule is Cc1ccccc1COc1ccc(CCC(N)C(C)(C)C)cc1. The first kappa shape index (κ1) is 17.6. The molecule has 0 aliphatic heterocycles. The fourth-order valence-corrected chi connectivity index (χ4v) is 2.44. The van der Waals surface area contributed by atoms with E-state index in [2.05, 4.69) is 70.2 Å². The molecule has 0 saturated carbocycles. The molecule has 0 aliphatic rings. The van der Waals surface area contributed by atoms with Crippen LogP contribution in [0, 0.1) is 12.3 Å². The van der Waals surface area contributed by atoms with Gasteiger partial charge in [0.05, 0.1) is 0 Å². The van der Waals surface area contributed by atoms with E-state index in [-0.39, 0.29) is 11.5 Å². The van der Waals surface area contributed by atoms with Crippen molar-refractivity contribution in [1.29, 1.82) is 0 Å². The van der Waals surface area contributed by atoms with Crippen molar-refractivity contribution < 1.29 is 4.74 Å². The second-order valence-electron chi connectivity index (χ2n) is 7.37. The second-order valence-corrected chi connectivity index (χ2v) is 7.37. The topological polar surface area (TPSA) is 35.2 Å². The molecule has 0 fully saturated rings. The lowest BCUT2D eigenvalue weighted by atomic mass is 9.84. The van der Waals surface area contributed by atoms with Gasteiger partial charge in [0.15, 0.2) is 0 Å². The van der Waals surface area contributed by atoms with Crippen molar-refractivity contribution in [1.82, 2.24) is 0 Å². The highest BCUT2D eigenvalue weighted by atomic mass is 16.5. The van der Waals surface area contributed by atoms with Gasteiger partial charge in [-0.1, -0.05) is 57.2 Å². The molecule has 0 amide bonds. The Labute approximate surface area is 140 Å². The zero-order valence-corrected chi connectivity index (χ0v) is 14.8. The number of ether oxygens (including phenoxy) is 1. The monoisotopic (exact) mass is 311 g/mol. The lowest BCUT2D eigenvalue weighted by Crippen LogP contribution is -2.35. The molecule has 0 radical (unpaired) electrons. The fourth-order valence-electron chi connectivity index (χ4n) is 2.44. The minimum atomic E-state index is 0.163. The fraction of sp³-hybridized carbons (Fsp3) is 0.429. The molecule has 23 heavy (non-hydrogen) atoms. The standard InChI is InChI=1S/C21H29NO/c1-16-7-5-6-8-18(16)15-23-19-12-9-17(10-13-19)11-14-20(22)21(2,3)4/h5-10,12-13,20H,11,14-15,22H2,1-4H3. The van der Waals surface area contributed by atoms with Crippen molar-refractivity contribution >= 4 is 0 Å². The van der Waals surface area contributed by atoms with Gasteiger partial charge in [-0.05, 0) is 54.0 Å². The molecule has 0 spiro atoms. The Morgan fingerprint density at radius 1 is 1.00 bits per heavy atom. The first-order chi connectivity index (χ1) is 10.9. The van der Waals surface area contributed by atoms with Crippen molar-refractivity contribution in [2.75, 3.05) is 0 Å². The van der Waals surface area contributed by atoms with Gasteiger partial charge in [0.2, 0.25) is 0 Å². The van der Waals surface area contributed by atoms with Crippen molar-refractivity contribution in [3.8, 4) is 5.75 Å². The largest absolute Gasteiger partial charge is 0.489 e. The van der Waals surface area contributed by atoms with Crippen LogP contribution in [-0.2, 0) is 13.0 Å². The van der Waals surface area contributed by atoms with Crippen LogP contribution in [0.15, 0.2) is 48.5 Å². The van der Waals surface area contributed by atoms with E-state index in [9.17, 15) is 0 Å². The second kappa shape index (κ2) is 7.65. The molecule has 0 bridgehead atoms. The van der Waals surface area contributed by atoms with Crippen LogP contribution in [0.4, 0.5) is 0 Å². The molecule has 124 valence electrons. The van der Waals surface area contributed by atoms with Gasteiger partial charge >= 0.3 is 0 Å². The van der Waals surface area contributed by atoms with E-state index in [1.165, 1.54) is 16.7 Å².